The van der Waals surface area contributed by atoms with Gasteiger partial charge in [0.05, 0.1) is 39.6 Å². The third-order valence-corrected chi connectivity index (χ3v) is 10.7. The highest BCUT2D eigenvalue weighted by atomic mass is 35.5. The minimum atomic E-state index is -1.04. The molecule has 5 rings (SSSR count). The third kappa shape index (κ3) is 8.41. The predicted molar refractivity (Wildman–Crippen MR) is 188 cm³/mol. The molecular weight excluding hydrogens is 653 g/mol. The highest BCUT2D eigenvalue weighted by molar-refractivity contribution is 7.84. The standard InChI is InChI=1S/C37H37Cl2N3O4S/c1-46-36(43)24-42(37(44)32-20-25(22-40)19-28-7-3-4-8-30(28)32)23-29(27-11-12-33(38)34(39)21-27)15-18-41-16-13-26(14-17-41)31-9-5-6-10-35(31)47(2)45/h3-12,19-21,26,29H,13-18,23-24H2,1-2H3. The molecule has 1 amide bonds. The molecule has 0 radical (unpaired) electrons. The zero-order valence-corrected chi connectivity index (χ0v) is 28.8. The zero-order chi connectivity index (χ0) is 33.5. The molecule has 244 valence electrons. The van der Waals surface area contributed by atoms with Gasteiger partial charge in [0.1, 0.15) is 6.54 Å². The lowest BCUT2D eigenvalue weighted by molar-refractivity contribution is -0.141. The van der Waals surface area contributed by atoms with Crippen molar-refractivity contribution in [2.75, 3.05) is 46.1 Å². The van der Waals surface area contributed by atoms with Crippen molar-refractivity contribution in [2.45, 2.75) is 36.0 Å². The topological polar surface area (TPSA) is 90.7 Å². The van der Waals surface area contributed by atoms with Crippen LogP contribution in [-0.4, -0.2) is 72.0 Å². The second-order valence-electron chi connectivity index (χ2n) is 11.9. The van der Waals surface area contributed by atoms with Crippen molar-refractivity contribution in [3.05, 3.63) is 111 Å². The number of carbonyl (C=O) groups is 2. The first-order valence-corrected chi connectivity index (χ1v) is 17.9. The van der Waals surface area contributed by atoms with E-state index < -0.39 is 16.8 Å². The maximum Gasteiger partial charge on any atom is 0.325 e. The van der Waals surface area contributed by atoms with Crippen LogP contribution in [0.4, 0.5) is 0 Å². The monoisotopic (exact) mass is 689 g/mol. The molecule has 0 aromatic heterocycles. The Bertz CT molecular complexity index is 1830. The first-order chi connectivity index (χ1) is 22.7. The number of piperidine rings is 1. The van der Waals surface area contributed by atoms with Crippen molar-refractivity contribution in [3.63, 3.8) is 0 Å². The summed E-state index contributed by atoms with van der Waals surface area (Å²) in [6.45, 7) is 2.53. The van der Waals surface area contributed by atoms with Gasteiger partial charge in [-0.05, 0) is 97.0 Å². The third-order valence-electron chi connectivity index (χ3n) is 8.96. The first-order valence-electron chi connectivity index (χ1n) is 15.6. The van der Waals surface area contributed by atoms with Crippen LogP contribution in [0, 0.1) is 11.3 Å². The summed E-state index contributed by atoms with van der Waals surface area (Å²) in [5.41, 5.74) is 2.80. The normalized spacial score (nSPS) is 15.1. The van der Waals surface area contributed by atoms with Crippen LogP contribution in [0.25, 0.3) is 10.8 Å². The van der Waals surface area contributed by atoms with Gasteiger partial charge in [-0.15, -0.1) is 0 Å². The quantitative estimate of drug-likeness (QED) is 0.152. The van der Waals surface area contributed by atoms with Crippen LogP contribution in [0.2, 0.25) is 10.0 Å². The number of methoxy groups -OCH3 is 1. The molecule has 1 aliphatic heterocycles. The van der Waals surface area contributed by atoms with E-state index in [0.717, 1.165) is 48.3 Å². The Kier molecular flexibility index (Phi) is 11.7. The van der Waals surface area contributed by atoms with Crippen LogP contribution in [0.3, 0.4) is 0 Å². The number of amides is 1. The smallest absolute Gasteiger partial charge is 0.325 e. The molecule has 0 saturated carbocycles. The Labute approximate surface area is 288 Å². The van der Waals surface area contributed by atoms with Crippen LogP contribution < -0.4 is 0 Å². The molecule has 47 heavy (non-hydrogen) atoms. The Balaban J connectivity index is 1.39. The summed E-state index contributed by atoms with van der Waals surface area (Å²) in [5.74, 6) is -0.724. The van der Waals surface area contributed by atoms with E-state index in [0.29, 0.717) is 38.9 Å². The van der Waals surface area contributed by atoms with E-state index in [1.54, 1.807) is 24.5 Å². The first kappa shape index (κ1) is 34.6. The molecule has 4 aromatic carbocycles. The van der Waals surface area contributed by atoms with Crippen molar-refractivity contribution in [3.8, 4) is 6.07 Å². The number of nitriles is 1. The molecular formula is C37H37Cl2N3O4S. The van der Waals surface area contributed by atoms with Crippen LogP contribution in [0.15, 0.2) is 83.8 Å². The minimum Gasteiger partial charge on any atom is -0.468 e. The molecule has 1 fully saturated rings. The van der Waals surface area contributed by atoms with Crippen LogP contribution in [0.5, 0.6) is 0 Å². The summed E-state index contributed by atoms with van der Waals surface area (Å²) in [6, 6.07) is 26.4. The Morgan fingerprint density at radius 2 is 1.74 bits per heavy atom. The number of fused-ring (bicyclic) bond motifs is 1. The van der Waals surface area contributed by atoms with Gasteiger partial charge in [0.15, 0.2) is 0 Å². The number of hydrogen-bond acceptors (Lipinski definition) is 6. The summed E-state index contributed by atoms with van der Waals surface area (Å²) in [4.78, 5) is 31.7. The van der Waals surface area contributed by atoms with Gasteiger partial charge >= 0.3 is 5.97 Å². The zero-order valence-electron chi connectivity index (χ0n) is 26.5. The van der Waals surface area contributed by atoms with E-state index in [1.807, 2.05) is 54.6 Å². The molecule has 7 nitrogen and oxygen atoms in total. The highest BCUT2D eigenvalue weighted by Crippen LogP contribution is 2.34. The van der Waals surface area contributed by atoms with Crippen molar-refractivity contribution in [2.24, 2.45) is 0 Å². The van der Waals surface area contributed by atoms with Gasteiger partial charge < -0.3 is 14.5 Å². The van der Waals surface area contributed by atoms with E-state index in [1.165, 1.54) is 17.6 Å². The van der Waals surface area contributed by atoms with E-state index >= 15 is 0 Å². The number of nitrogens with zero attached hydrogens (tertiary/aromatic N) is 3. The summed E-state index contributed by atoms with van der Waals surface area (Å²) < 4.78 is 17.3. The predicted octanol–water partition coefficient (Wildman–Crippen LogP) is 7.42. The summed E-state index contributed by atoms with van der Waals surface area (Å²) in [7, 11) is 0.260. The molecule has 2 atom stereocenters. The van der Waals surface area contributed by atoms with Gasteiger partial charge in [-0.2, -0.15) is 5.26 Å². The SMILES string of the molecule is COC(=O)CN(CC(CCN1CCC(c2ccccc2S(C)=O)CC1)c1ccc(Cl)c(Cl)c1)C(=O)c1cc(C#N)cc2ccccc12. The number of rotatable bonds is 11. The van der Waals surface area contributed by atoms with Crippen LogP contribution in [0.1, 0.15) is 58.1 Å². The van der Waals surface area contributed by atoms with E-state index in [4.69, 9.17) is 27.9 Å². The molecule has 2 unspecified atom stereocenters. The lowest BCUT2D eigenvalue weighted by Gasteiger charge is -2.34. The van der Waals surface area contributed by atoms with Gasteiger partial charge in [0, 0.05) is 29.2 Å². The molecule has 0 aliphatic carbocycles. The fourth-order valence-corrected chi connectivity index (χ4v) is 7.59. The molecule has 0 N–H and O–H groups in total. The lowest BCUT2D eigenvalue weighted by Crippen LogP contribution is -2.40. The summed E-state index contributed by atoms with van der Waals surface area (Å²) >= 11 is 12.7. The van der Waals surface area contributed by atoms with Crippen LogP contribution >= 0.6 is 23.2 Å². The number of likely N-dealkylation sites (tertiary alicyclic amines) is 1. The minimum absolute atomic E-state index is 0.176. The maximum absolute atomic E-state index is 14.2. The van der Waals surface area contributed by atoms with Gasteiger partial charge in [-0.1, -0.05) is 71.7 Å². The molecule has 0 spiro atoms. The van der Waals surface area contributed by atoms with E-state index in [2.05, 4.69) is 17.0 Å². The van der Waals surface area contributed by atoms with Gasteiger partial charge in [-0.25, -0.2) is 0 Å². The summed E-state index contributed by atoms with van der Waals surface area (Å²) in [6.07, 6.45) is 4.35. The number of hydrogen-bond donors (Lipinski definition) is 0. The average molecular weight is 691 g/mol. The number of esters is 1. The largest absolute Gasteiger partial charge is 0.468 e. The van der Waals surface area contributed by atoms with Crippen molar-refractivity contribution in [1.29, 1.82) is 5.26 Å². The fraction of sp³-hybridized carbons (Fsp3) is 0.324. The molecule has 1 heterocycles. The van der Waals surface area contributed by atoms with Gasteiger partial charge in [-0.3, -0.25) is 13.8 Å². The molecule has 1 aliphatic rings. The second-order valence-corrected chi connectivity index (χ2v) is 14.0. The van der Waals surface area contributed by atoms with Crippen LogP contribution in [-0.2, 0) is 20.3 Å². The number of halogens is 2. The van der Waals surface area contributed by atoms with Crippen molar-refractivity contribution >= 4 is 56.7 Å². The average Bonchev–Trinajstić information content (AvgIpc) is 3.10. The second kappa shape index (κ2) is 15.9. The lowest BCUT2D eigenvalue weighted by atomic mass is 9.88. The highest BCUT2D eigenvalue weighted by Gasteiger charge is 2.28. The molecule has 1 saturated heterocycles. The Morgan fingerprint density at radius 1 is 1.02 bits per heavy atom. The molecule has 0 bridgehead atoms. The number of carbonyl (C=O) groups excluding carboxylic acids is 2. The Morgan fingerprint density at radius 3 is 2.45 bits per heavy atom. The molecule has 4 aromatic rings. The maximum atomic E-state index is 14.2. The van der Waals surface area contributed by atoms with E-state index in [-0.39, 0.29) is 24.9 Å². The number of benzene rings is 4. The fourth-order valence-electron chi connectivity index (χ4n) is 6.44. The van der Waals surface area contributed by atoms with Gasteiger partial charge in [0.25, 0.3) is 5.91 Å². The van der Waals surface area contributed by atoms with Crippen molar-refractivity contribution < 1.29 is 18.5 Å². The van der Waals surface area contributed by atoms with Crippen molar-refractivity contribution in [1.82, 2.24) is 9.80 Å². The van der Waals surface area contributed by atoms with Gasteiger partial charge in [0.2, 0.25) is 0 Å². The Hall–Kier alpha value is -3.74. The number of ether oxygens (including phenoxy) is 1. The molecule has 10 heteroatoms. The summed E-state index contributed by atoms with van der Waals surface area (Å²) in [5, 5.41) is 12.0. The van der Waals surface area contributed by atoms with E-state index in [9.17, 15) is 19.1 Å².